The van der Waals surface area contributed by atoms with Crippen molar-refractivity contribution in [2.75, 3.05) is 0 Å². The van der Waals surface area contributed by atoms with Gasteiger partial charge in [0.15, 0.2) is 0 Å². The molecule has 0 spiro atoms. The number of nitrogens with zero attached hydrogens (tertiary/aromatic N) is 1. The van der Waals surface area contributed by atoms with Crippen molar-refractivity contribution in [2.24, 2.45) is 0 Å². The first-order chi connectivity index (χ1) is 20.5. The van der Waals surface area contributed by atoms with E-state index in [-0.39, 0.29) is 5.41 Å². The van der Waals surface area contributed by atoms with Crippen molar-refractivity contribution < 1.29 is 4.42 Å². The molecule has 2 nitrogen and oxygen atoms in total. The highest BCUT2D eigenvalue weighted by molar-refractivity contribution is 6.30. The highest BCUT2D eigenvalue weighted by Gasteiger charge is 2.33. The Morgan fingerprint density at radius 2 is 1.40 bits per heavy atom. The summed E-state index contributed by atoms with van der Waals surface area (Å²) in [5, 5.41) is 4.76. The van der Waals surface area contributed by atoms with Crippen molar-refractivity contribution in [3.8, 4) is 16.8 Å². The maximum absolute atomic E-state index is 6.76. The van der Waals surface area contributed by atoms with Gasteiger partial charge < -0.3 is 8.98 Å². The van der Waals surface area contributed by atoms with Crippen molar-refractivity contribution in [2.45, 2.75) is 25.7 Å². The zero-order valence-corrected chi connectivity index (χ0v) is 23.9. The molecule has 0 bridgehead atoms. The Kier molecular flexibility index (Phi) is 5.42. The maximum Gasteiger partial charge on any atom is 0.144 e. The summed E-state index contributed by atoms with van der Waals surface area (Å²) >= 11 is 0. The first kappa shape index (κ1) is 24.7. The lowest BCUT2D eigenvalue weighted by Crippen LogP contribution is -2.20. The second kappa shape index (κ2) is 9.22. The third-order valence-corrected chi connectivity index (χ3v) is 8.84. The normalized spacial score (nSPS) is 16.4. The summed E-state index contributed by atoms with van der Waals surface area (Å²) in [4.78, 5) is 0. The van der Waals surface area contributed by atoms with E-state index in [1.54, 1.807) is 0 Å². The van der Waals surface area contributed by atoms with Gasteiger partial charge in [0.25, 0.3) is 0 Å². The molecule has 0 atom stereocenters. The van der Waals surface area contributed by atoms with Gasteiger partial charge in [-0.05, 0) is 58.4 Å². The quantitative estimate of drug-likeness (QED) is 0.213. The molecule has 0 unspecified atom stereocenters. The standard InChI is InChI=1S/C40H31NO/c1-26-14-6-5-13-25-40(2,3)37-34(26)39-36(31-18-10-12-20-33(31)42-39)35-30-17-9-11-19-32(30)41(38(35)37)29-23-21-28(22-24-29)27-15-7-4-8-16-27/h4-24H,1,25H2,2-3H3/b13-5-,14-6-. The predicted octanol–water partition coefficient (Wildman–Crippen LogP) is 11.2. The number of allylic oxidation sites excluding steroid dienone is 5. The van der Waals surface area contributed by atoms with Gasteiger partial charge in [0.05, 0.1) is 11.0 Å². The molecule has 0 aliphatic heterocycles. The van der Waals surface area contributed by atoms with Gasteiger partial charge in [0.1, 0.15) is 11.2 Å². The molecule has 0 saturated heterocycles. The number of benzene rings is 5. The fourth-order valence-electron chi connectivity index (χ4n) is 6.90. The number of hydrogen-bond donors (Lipinski definition) is 0. The molecule has 2 aromatic heterocycles. The van der Waals surface area contributed by atoms with E-state index in [0.29, 0.717) is 0 Å². The molecule has 0 fully saturated rings. The van der Waals surface area contributed by atoms with Crippen LogP contribution in [0.3, 0.4) is 0 Å². The lowest BCUT2D eigenvalue weighted by Gasteiger charge is -2.29. The van der Waals surface area contributed by atoms with Crippen LogP contribution in [0.4, 0.5) is 0 Å². The Labute approximate surface area is 245 Å². The molecule has 0 saturated carbocycles. The zero-order chi connectivity index (χ0) is 28.4. The smallest absolute Gasteiger partial charge is 0.144 e. The van der Waals surface area contributed by atoms with Crippen LogP contribution in [0.5, 0.6) is 0 Å². The molecule has 1 aliphatic rings. The lowest BCUT2D eigenvalue weighted by atomic mass is 9.76. The van der Waals surface area contributed by atoms with Crippen molar-refractivity contribution in [3.05, 3.63) is 145 Å². The monoisotopic (exact) mass is 541 g/mol. The summed E-state index contributed by atoms with van der Waals surface area (Å²) in [6.07, 6.45) is 9.53. The second-order valence-corrected chi connectivity index (χ2v) is 11.9. The molecule has 0 radical (unpaired) electrons. The van der Waals surface area contributed by atoms with Crippen molar-refractivity contribution in [3.63, 3.8) is 0 Å². The Morgan fingerprint density at radius 3 is 2.21 bits per heavy atom. The van der Waals surface area contributed by atoms with Gasteiger partial charge in [0.2, 0.25) is 0 Å². The van der Waals surface area contributed by atoms with E-state index in [0.717, 1.165) is 45.2 Å². The highest BCUT2D eigenvalue weighted by Crippen LogP contribution is 2.50. The summed E-state index contributed by atoms with van der Waals surface area (Å²) in [5.74, 6) is 0. The van der Waals surface area contributed by atoms with Crippen LogP contribution in [0, 0.1) is 0 Å². The number of aromatic nitrogens is 1. The topological polar surface area (TPSA) is 18.1 Å². The van der Waals surface area contributed by atoms with E-state index < -0.39 is 0 Å². The fourth-order valence-corrected chi connectivity index (χ4v) is 6.90. The Hall–Kier alpha value is -5.08. The highest BCUT2D eigenvalue weighted by atomic mass is 16.3. The Bertz CT molecular complexity index is 2240. The molecule has 8 rings (SSSR count). The third kappa shape index (κ3) is 3.58. The minimum absolute atomic E-state index is 0.192. The number of rotatable bonds is 2. The number of hydrogen-bond acceptors (Lipinski definition) is 1. The van der Waals surface area contributed by atoms with Gasteiger partial charge in [0, 0.05) is 32.8 Å². The first-order valence-corrected chi connectivity index (χ1v) is 14.6. The summed E-state index contributed by atoms with van der Waals surface area (Å²) in [6, 6.07) is 36.8. The molecule has 0 amide bonds. The minimum Gasteiger partial charge on any atom is -0.455 e. The molecular weight excluding hydrogens is 510 g/mol. The predicted molar refractivity (Wildman–Crippen MR) is 178 cm³/mol. The third-order valence-electron chi connectivity index (χ3n) is 8.84. The van der Waals surface area contributed by atoms with E-state index in [1.807, 2.05) is 0 Å². The summed E-state index contributed by atoms with van der Waals surface area (Å²) in [7, 11) is 0. The van der Waals surface area contributed by atoms with Crippen molar-refractivity contribution >= 4 is 49.3 Å². The van der Waals surface area contributed by atoms with E-state index in [1.165, 1.54) is 38.5 Å². The van der Waals surface area contributed by atoms with Crippen LogP contribution >= 0.6 is 0 Å². The van der Waals surface area contributed by atoms with E-state index in [2.05, 4.69) is 152 Å². The van der Waals surface area contributed by atoms with E-state index in [9.17, 15) is 0 Å². The van der Waals surface area contributed by atoms with Crippen LogP contribution in [0.2, 0.25) is 0 Å². The fraction of sp³-hybridized carbons (Fsp3) is 0.100. The van der Waals surface area contributed by atoms with E-state index >= 15 is 0 Å². The van der Waals surface area contributed by atoms with Crippen molar-refractivity contribution in [1.29, 1.82) is 0 Å². The van der Waals surface area contributed by atoms with E-state index in [4.69, 9.17) is 4.42 Å². The second-order valence-electron chi connectivity index (χ2n) is 11.9. The average Bonchev–Trinajstić information content (AvgIpc) is 3.57. The Morgan fingerprint density at radius 1 is 0.714 bits per heavy atom. The molecule has 1 aliphatic carbocycles. The van der Waals surface area contributed by atoms with Gasteiger partial charge in [-0.2, -0.15) is 0 Å². The summed E-state index contributed by atoms with van der Waals surface area (Å²) < 4.78 is 9.24. The minimum atomic E-state index is -0.192. The zero-order valence-electron chi connectivity index (χ0n) is 23.9. The molecule has 42 heavy (non-hydrogen) atoms. The molecular formula is C40H31NO. The van der Waals surface area contributed by atoms with Crippen LogP contribution in [-0.4, -0.2) is 4.57 Å². The van der Waals surface area contributed by atoms with Gasteiger partial charge in [-0.3, -0.25) is 0 Å². The number of fused-ring (bicyclic) bond motifs is 10. The number of furan rings is 1. The van der Waals surface area contributed by atoms with Gasteiger partial charge in [-0.25, -0.2) is 0 Å². The van der Waals surface area contributed by atoms with Gasteiger partial charge in [-0.15, -0.1) is 0 Å². The van der Waals surface area contributed by atoms with Crippen LogP contribution in [0.15, 0.2) is 138 Å². The van der Waals surface area contributed by atoms with Gasteiger partial charge >= 0.3 is 0 Å². The summed E-state index contributed by atoms with van der Waals surface area (Å²) in [5.41, 5.74) is 11.0. The lowest BCUT2D eigenvalue weighted by molar-refractivity contribution is 0.535. The largest absolute Gasteiger partial charge is 0.455 e. The molecule has 0 N–H and O–H groups in total. The first-order valence-electron chi connectivity index (χ1n) is 14.6. The molecule has 2 heteroatoms. The SMILES string of the molecule is C=C1/C=C\C=C/CC(C)(C)c2c1c1oc3ccccc3c1c1c3ccccc3n(-c3ccc(-c4ccccc4)cc3)c21. The van der Waals surface area contributed by atoms with Gasteiger partial charge in [-0.1, -0.05) is 124 Å². The van der Waals surface area contributed by atoms with Crippen LogP contribution in [0.25, 0.3) is 66.1 Å². The molecule has 202 valence electrons. The molecule has 2 heterocycles. The van der Waals surface area contributed by atoms with Crippen LogP contribution in [0.1, 0.15) is 31.4 Å². The number of para-hydroxylation sites is 2. The van der Waals surface area contributed by atoms with Crippen LogP contribution in [-0.2, 0) is 5.41 Å². The maximum atomic E-state index is 6.76. The van der Waals surface area contributed by atoms with Crippen LogP contribution < -0.4 is 0 Å². The Balaban J connectivity index is 1.59. The molecule has 5 aromatic carbocycles. The molecule has 7 aromatic rings. The average molecular weight is 542 g/mol. The van der Waals surface area contributed by atoms with Crippen molar-refractivity contribution in [1.82, 2.24) is 4.57 Å². The summed E-state index contributed by atoms with van der Waals surface area (Å²) in [6.45, 7) is 9.30.